The van der Waals surface area contributed by atoms with Crippen LogP contribution in [0, 0.1) is 0 Å². The molecule has 0 aliphatic carbocycles. The van der Waals surface area contributed by atoms with Gasteiger partial charge in [0.15, 0.2) is 0 Å². The molecule has 0 spiro atoms. The van der Waals surface area contributed by atoms with Crippen LogP contribution in [0.3, 0.4) is 0 Å². The van der Waals surface area contributed by atoms with Crippen LogP contribution in [0.1, 0.15) is 43.0 Å². The van der Waals surface area contributed by atoms with Gasteiger partial charge in [-0.3, -0.25) is 4.79 Å². The summed E-state index contributed by atoms with van der Waals surface area (Å²) in [6.45, 7) is 2.95. The van der Waals surface area contributed by atoms with Gasteiger partial charge in [0, 0.05) is 12.1 Å². The van der Waals surface area contributed by atoms with E-state index in [0.717, 1.165) is 29.3 Å². The highest BCUT2D eigenvalue weighted by Crippen LogP contribution is 2.27. The molecule has 3 rings (SSSR count). The van der Waals surface area contributed by atoms with Crippen molar-refractivity contribution in [1.82, 2.24) is 5.32 Å². The predicted molar refractivity (Wildman–Crippen MR) is 97.9 cm³/mol. The smallest absolute Gasteiger partial charge is 0.251 e. The average Bonchev–Trinajstić information content (AvgIpc) is 2.60. The number of unbranched alkanes of at least 4 members (excludes halogenated alkanes) is 3. The highest BCUT2D eigenvalue weighted by Gasteiger charge is 2.10. The molecule has 0 radical (unpaired) electrons. The van der Waals surface area contributed by atoms with Gasteiger partial charge < -0.3 is 5.32 Å². The van der Waals surface area contributed by atoms with Crippen molar-refractivity contribution in [3.8, 4) is 0 Å². The topological polar surface area (TPSA) is 29.1 Å². The maximum absolute atomic E-state index is 12.5. The minimum absolute atomic E-state index is 0.0300. The molecule has 0 aliphatic rings. The quantitative estimate of drug-likeness (QED) is 0.486. The van der Waals surface area contributed by atoms with Crippen LogP contribution in [-0.4, -0.2) is 12.5 Å². The number of rotatable bonds is 6. The van der Waals surface area contributed by atoms with Crippen molar-refractivity contribution in [3.63, 3.8) is 0 Å². The number of fused-ring (bicyclic) bond motifs is 3. The van der Waals surface area contributed by atoms with Gasteiger partial charge in [0.1, 0.15) is 0 Å². The molecule has 1 amide bonds. The molecule has 0 fully saturated rings. The Labute approximate surface area is 137 Å². The summed E-state index contributed by atoms with van der Waals surface area (Å²) in [5.74, 6) is 0.0300. The van der Waals surface area contributed by atoms with Gasteiger partial charge in [-0.15, -0.1) is 0 Å². The monoisotopic (exact) mass is 305 g/mol. The van der Waals surface area contributed by atoms with Gasteiger partial charge in [0.2, 0.25) is 0 Å². The number of carbonyl (C=O) groups is 1. The fourth-order valence-corrected chi connectivity index (χ4v) is 3.09. The standard InChI is InChI=1S/C21H23NO/c1-2-3-4-7-15-22-21(23)20-12-8-11-18-17-10-6-5-9-16(17)13-14-19(18)20/h5-6,8-14H,2-4,7,15H2,1H3,(H,22,23). The predicted octanol–water partition coefficient (Wildman–Crippen LogP) is 5.30. The molecule has 118 valence electrons. The molecule has 0 bridgehead atoms. The van der Waals surface area contributed by atoms with Crippen LogP contribution < -0.4 is 5.32 Å². The van der Waals surface area contributed by atoms with Crippen molar-refractivity contribution in [3.05, 3.63) is 60.2 Å². The van der Waals surface area contributed by atoms with Crippen LogP contribution in [0.5, 0.6) is 0 Å². The molecular formula is C21H23NO. The summed E-state index contributed by atoms with van der Waals surface area (Å²) >= 11 is 0. The lowest BCUT2D eigenvalue weighted by Gasteiger charge is -2.10. The molecule has 0 aliphatic heterocycles. The van der Waals surface area contributed by atoms with Crippen molar-refractivity contribution in [2.75, 3.05) is 6.54 Å². The van der Waals surface area contributed by atoms with Gasteiger partial charge in [-0.25, -0.2) is 0 Å². The minimum atomic E-state index is 0.0300. The second kappa shape index (κ2) is 7.28. The molecule has 0 heterocycles. The Morgan fingerprint density at radius 1 is 0.826 bits per heavy atom. The molecule has 3 aromatic rings. The third-order valence-electron chi connectivity index (χ3n) is 4.35. The lowest BCUT2D eigenvalue weighted by atomic mass is 9.98. The average molecular weight is 305 g/mol. The van der Waals surface area contributed by atoms with Crippen molar-refractivity contribution >= 4 is 27.5 Å². The fraction of sp³-hybridized carbons (Fsp3) is 0.286. The number of carbonyl (C=O) groups excluding carboxylic acids is 1. The largest absolute Gasteiger partial charge is 0.352 e. The fourth-order valence-electron chi connectivity index (χ4n) is 3.09. The Morgan fingerprint density at radius 2 is 1.65 bits per heavy atom. The van der Waals surface area contributed by atoms with Crippen molar-refractivity contribution in [2.24, 2.45) is 0 Å². The third-order valence-corrected chi connectivity index (χ3v) is 4.35. The van der Waals surface area contributed by atoms with E-state index >= 15 is 0 Å². The summed E-state index contributed by atoms with van der Waals surface area (Å²) in [7, 11) is 0. The maximum Gasteiger partial charge on any atom is 0.251 e. The summed E-state index contributed by atoms with van der Waals surface area (Å²) in [5, 5.41) is 7.63. The van der Waals surface area contributed by atoms with E-state index in [1.165, 1.54) is 30.0 Å². The van der Waals surface area contributed by atoms with Gasteiger partial charge in [-0.05, 0) is 34.0 Å². The van der Waals surface area contributed by atoms with Gasteiger partial charge in [-0.2, -0.15) is 0 Å². The van der Waals surface area contributed by atoms with Crippen molar-refractivity contribution in [1.29, 1.82) is 0 Å². The summed E-state index contributed by atoms with van der Waals surface area (Å²) in [6, 6.07) is 18.4. The van der Waals surface area contributed by atoms with Crippen LogP contribution in [0.15, 0.2) is 54.6 Å². The molecule has 23 heavy (non-hydrogen) atoms. The summed E-state index contributed by atoms with van der Waals surface area (Å²) in [4.78, 5) is 12.5. The molecule has 3 aromatic carbocycles. The van der Waals surface area contributed by atoms with E-state index in [2.05, 4.69) is 42.6 Å². The lowest BCUT2D eigenvalue weighted by Crippen LogP contribution is -2.24. The highest BCUT2D eigenvalue weighted by molar-refractivity contribution is 6.15. The maximum atomic E-state index is 12.5. The Kier molecular flexibility index (Phi) is 4.92. The normalized spacial score (nSPS) is 11.0. The SMILES string of the molecule is CCCCCCNC(=O)c1cccc2c1ccc1ccccc12. The first-order chi connectivity index (χ1) is 11.3. The number of nitrogens with one attached hydrogen (secondary N) is 1. The summed E-state index contributed by atoms with van der Waals surface area (Å²) < 4.78 is 0. The molecular weight excluding hydrogens is 282 g/mol. The van der Waals surface area contributed by atoms with Crippen molar-refractivity contribution in [2.45, 2.75) is 32.6 Å². The molecule has 2 heteroatoms. The first-order valence-corrected chi connectivity index (χ1v) is 8.50. The first kappa shape index (κ1) is 15.5. The lowest BCUT2D eigenvalue weighted by molar-refractivity contribution is 0.0954. The Balaban J connectivity index is 1.86. The highest BCUT2D eigenvalue weighted by atomic mass is 16.1. The Hall–Kier alpha value is -2.35. The summed E-state index contributed by atoms with van der Waals surface area (Å²) in [6.07, 6.45) is 4.67. The Morgan fingerprint density at radius 3 is 2.52 bits per heavy atom. The second-order valence-corrected chi connectivity index (χ2v) is 6.00. The van der Waals surface area contributed by atoms with Crippen LogP contribution in [-0.2, 0) is 0 Å². The third kappa shape index (κ3) is 3.37. The molecule has 1 N–H and O–H groups in total. The van der Waals surface area contributed by atoms with E-state index in [-0.39, 0.29) is 5.91 Å². The number of hydrogen-bond acceptors (Lipinski definition) is 1. The van der Waals surface area contributed by atoms with Gasteiger partial charge in [-0.1, -0.05) is 74.7 Å². The van der Waals surface area contributed by atoms with Crippen LogP contribution in [0.4, 0.5) is 0 Å². The number of amides is 1. The first-order valence-electron chi connectivity index (χ1n) is 8.50. The zero-order valence-corrected chi connectivity index (χ0v) is 13.6. The molecule has 0 saturated carbocycles. The molecule has 0 atom stereocenters. The van der Waals surface area contributed by atoms with Gasteiger partial charge in [0.25, 0.3) is 5.91 Å². The zero-order chi connectivity index (χ0) is 16.1. The van der Waals surface area contributed by atoms with E-state index in [4.69, 9.17) is 0 Å². The second-order valence-electron chi connectivity index (χ2n) is 6.00. The van der Waals surface area contributed by atoms with Crippen LogP contribution in [0.25, 0.3) is 21.5 Å². The van der Waals surface area contributed by atoms with Crippen molar-refractivity contribution < 1.29 is 4.79 Å². The summed E-state index contributed by atoms with van der Waals surface area (Å²) in [5.41, 5.74) is 0.767. The van der Waals surface area contributed by atoms with Crippen LogP contribution >= 0.6 is 0 Å². The van der Waals surface area contributed by atoms with E-state index < -0.39 is 0 Å². The van der Waals surface area contributed by atoms with E-state index in [9.17, 15) is 4.79 Å². The van der Waals surface area contributed by atoms with E-state index in [1.807, 2.05) is 24.3 Å². The van der Waals surface area contributed by atoms with E-state index in [1.54, 1.807) is 0 Å². The molecule has 0 saturated heterocycles. The number of benzene rings is 3. The van der Waals surface area contributed by atoms with Gasteiger partial charge >= 0.3 is 0 Å². The molecule has 2 nitrogen and oxygen atoms in total. The van der Waals surface area contributed by atoms with E-state index in [0.29, 0.717) is 0 Å². The molecule has 0 unspecified atom stereocenters. The Bertz CT molecular complexity index is 822. The minimum Gasteiger partial charge on any atom is -0.352 e. The van der Waals surface area contributed by atoms with Crippen LogP contribution in [0.2, 0.25) is 0 Å². The number of hydrogen-bond donors (Lipinski definition) is 1. The zero-order valence-electron chi connectivity index (χ0n) is 13.6. The molecule has 0 aromatic heterocycles. The van der Waals surface area contributed by atoms with Gasteiger partial charge in [0.05, 0.1) is 0 Å².